The van der Waals surface area contributed by atoms with Gasteiger partial charge in [0.25, 0.3) is 0 Å². The minimum absolute atomic E-state index is 0.163. The maximum Gasteiger partial charge on any atom is 0.0701 e. The van der Waals surface area contributed by atoms with Crippen LogP contribution in [0.2, 0.25) is 0 Å². The average Bonchev–Trinajstić information content (AvgIpc) is 2.02. The summed E-state index contributed by atoms with van der Waals surface area (Å²) in [5.41, 5.74) is 0. The van der Waals surface area contributed by atoms with Crippen molar-refractivity contribution >= 4 is 0 Å². The van der Waals surface area contributed by atoms with Crippen LogP contribution in [0.1, 0.15) is 44.9 Å². The molecule has 0 atom stereocenters. The minimum Gasteiger partial charge on any atom is -0.394 e. The van der Waals surface area contributed by atoms with Gasteiger partial charge in [0, 0.05) is 0 Å². The standard InChI is InChI=1S/C10H20O2/c11-8-9-12-10-6-4-2-1-3-5-7-10/h10-11H,1-9H2. The van der Waals surface area contributed by atoms with Crippen LogP contribution in [-0.2, 0) is 4.74 Å². The van der Waals surface area contributed by atoms with Crippen LogP contribution >= 0.6 is 0 Å². The van der Waals surface area contributed by atoms with Gasteiger partial charge in [-0.2, -0.15) is 0 Å². The van der Waals surface area contributed by atoms with E-state index in [1.807, 2.05) is 0 Å². The zero-order valence-electron chi connectivity index (χ0n) is 7.80. The van der Waals surface area contributed by atoms with Gasteiger partial charge in [-0.25, -0.2) is 0 Å². The summed E-state index contributed by atoms with van der Waals surface area (Å²) < 4.78 is 5.52. The lowest BCUT2D eigenvalue weighted by Gasteiger charge is -2.19. The molecule has 1 aliphatic rings. The highest BCUT2D eigenvalue weighted by atomic mass is 16.5. The first kappa shape index (κ1) is 10.0. The largest absolute Gasteiger partial charge is 0.394 e. The lowest BCUT2D eigenvalue weighted by Crippen LogP contribution is -2.16. The zero-order valence-corrected chi connectivity index (χ0v) is 7.80. The summed E-state index contributed by atoms with van der Waals surface area (Å²) in [5.74, 6) is 0. The number of hydrogen-bond acceptors (Lipinski definition) is 2. The first-order valence-corrected chi connectivity index (χ1v) is 5.16. The van der Waals surface area contributed by atoms with Crippen molar-refractivity contribution < 1.29 is 9.84 Å². The Morgan fingerprint density at radius 3 is 2.17 bits per heavy atom. The Morgan fingerprint density at radius 2 is 1.58 bits per heavy atom. The van der Waals surface area contributed by atoms with Crippen LogP contribution < -0.4 is 0 Å². The van der Waals surface area contributed by atoms with E-state index >= 15 is 0 Å². The molecule has 0 aliphatic heterocycles. The molecule has 0 heterocycles. The van der Waals surface area contributed by atoms with Gasteiger partial charge in [0.2, 0.25) is 0 Å². The number of aliphatic hydroxyl groups excluding tert-OH is 1. The topological polar surface area (TPSA) is 29.5 Å². The molecule has 12 heavy (non-hydrogen) atoms. The molecule has 0 radical (unpaired) electrons. The molecule has 1 N–H and O–H groups in total. The summed E-state index contributed by atoms with van der Waals surface area (Å²) in [6.07, 6.45) is 9.54. The van der Waals surface area contributed by atoms with E-state index in [2.05, 4.69) is 0 Å². The molecule has 0 spiro atoms. The fourth-order valence-electron chi connectivity index (χ4n) is 1.80. The average molecular weight is 172 g/mol. The maximum absolute atomic E-state index is 8.60. The number of rotatable bonds is 3. The number of hydrogen-bond donors (Lipinski definition) is 1. The van der Waals surface area contributed by atoms with Gasteiger partial charge in [0.05, 0.1) is 19.3 Å². The molecule has 1 fully saturated rings. The molecule has 0 aromatic heterocycles. The van der Waals surface area contributed by atoms with Crippen molar-refractivity contribution in [3.63, 3.8) is 0 Å². The Hall–Kier alpha value is -0.0800. The van der Waals surface area contributed by atoms with Gasteiger partial charge in [-0.05, 0) is 12.8 Å². The number of ether oxygens (including phenoxy) is 1. The lowest BCUT2D eigenvalue weighted by molar-refractivity contribution is 0.0147. The fraction of sp³-hybridized carbons (Fsp3) is 1.00. The molecular weight excluding hydrogens is 152 g/mol. The van der Waals surface area contributed by atoms with Crippen molar-refractivity contribution in [3.8, 4) is 0 Å². The van der Waals surface area contributed by atoms with Gasteiger partial charge in [-0.3, -0.25) is 0 Å². The van der Waals surface area contributed by atoms with Crippen molar-refractivity contribution in [1.82, 2.24) is 0 Å². The first-order chi connectivity index (χ1) is 5.93. The molecule has 0 aromatic rings. The van der Waals surface area contributed by atoms with Crippen LogP contribution in [0, 0.1) is 0 Å². The molecule has 72 valence electrons. The molecule has 2 nitrogen and oxygen atoms in total. The Kier molecular flexibility index (Phi) is 5.37. The summed E-state index contributed by atoms with van der Waals surface area (Å²) >= 11 is 0. The fourth-order valence-corrected chi connectivity index (χ4v) is 1.80. The predicted molar refractivity (Wildman–Crippen MR) is 49.1 cm³/mol. The van der Waals surface area contributed by atoms with Crippen LogP contribution in [-0.4, -0.2) is 24.4 Å². The molecule has 1 aliphatic carbocycles. The van der Waals surface area contributed by atoms with E-state index in [0.717, 1.165) is 0 Å². The van der Waals surface area contributed by atoms with E-state index in [1.165, 1.54) is 44.9 Å². The van der Waals surface area contributed by atoms with Crippen molar-refractivity contribution in [2.45, 2.75) is 51.0 Å². The summed E-state index contributed by atoms with van der Waals surface area (Å²) in [5, 5.41) is 8.60. The van der Waals surface area contributed by atoms with Gasteiger partial charge < -0.3 is 9.84 Å². The van der Waals surface area contributed by atoms with E-state index < -0.39 is 0 Å². The lowest BCUT2D eigenvalue weighted by atomic mass is 9.99. The summed E-state index contributed by atoms with van der Waals surface area (Å²) in [6, 6.07) is 0. The molecule has 0 amide bonds. The molecular formula is C10H20O2. The van der Waals surface area contributed by atoms with Crippen LogP contribution in [0.15, 0.2) is 0 Å². The zero-order chi connectivity index (χ0) is 8.65. The predicted octanol–water partition coefficient (Wildman–Crippen LogP) is 2.11. The third kappa shape index (κ3) is 4.07. The van der Waals surface area contributed by atoms with E-state index in [4.69, 9.17) is 9.84 Å². The Balaban J connectivity index is 2.11. The smallest absolute Gasteiger partial charge is 0.0701 e. The van der Waals surface area contributed by atoms with Crippen molar-refractivity contribution in [1.29, 1.82) is 0 Å². The van der Waals surface area contributed by atoms with Gasteiger partial charge in [0.1, 0.15) is 0 Å². The first-order valence-electron chi connectivity index (χ1n) is 5.16. The summed E-state index contributed by atoms with van der Waals surface area (Å²) in [6.45, 7) is 0.682. The van der Waals surface area contributed by atoms with Crippen molar-refractivity contribution in [3.05, 3.63) is 0 Å². The van der Waals surface area contributed by atoms with E-state index in [9.17, 15) is 0 Å². The van der Waals surface area contributed by atoms with E-state index in [1.54, 1.807) is 0 Å². The molecule has 0 saturated heterocycles. The normalized spacial score (nSPS) is 21.8. The van der Waals surface area contributed by atoms with Crippen LogP contribution in [0.3, 0.4) is 0 Å². The second-order valence-electron chi connectivity index (χ2n) is 3.56. The Labute approximate surface area is 74.9 Å². The Morgan fingerprint density at radius 1 is 1.00 bits per heavy atom. The molecule has 0 aromatic carbocycles. The SMILES string of the molecule is OCCOC1CCCCCCC1. The van der Waals surface area contributed by atoms with E-state index in [-0.39, 0.29) is 6.61 Å². The minimum atomic E-state index is 0.163. The quantitative estimate of drug-likeness (QED) is 0.706. The van der Waals surface area contributed by atoms with Crippen LogP contribution in [0.25, 0.3) is 0 Å². The summed E-state index contributed by atoms with van der Waals surface area (Å²) in [7, 11) is 0. The Bertz CT molecular complexity index is 93.3. The highest BCUT2D eigenvalue weighted by Crippen LogP contribution is 2.19. The molecule has 1 saturated carbocycles. The van der Waals surface area contributed by atoms with E-state index in [0.29, 0.717) is 12.7 Å². The molecule has 1 rings (SSSR count). The molecule has 0 unspecified atom stereocenters. The van der Waals surface area contributed by atoms with Crippen LogP contribution in [0.4, 0.5) is 0 Å². The highest BCUT2D eigenvalue weighted by Gasteiger charge is 2.10. The van der Waals surface area contributed by atoms with Crippen LogP contribution in [0.5, 0.6) is 0 Å². The van der Waals surface area contributed by atoms with Crippen molar-refractivity contribution in [2.24, 2.45) is 0 Å². The van der Waals surface area contributed by atoms with Gasteiger partial charge >= 0.3 is 0 Å². The number of aliphatic hydroxyl groups is 1. The monoisotopic (exact) mass is 172 g/mol. The highest BCUT2D eigenvalue weighted by molar-refractivity contribution is 4.62. The molecule has 2 heteroatoms. The second kappa shape index (κ2) is 6.44. The van der Waals surface area contributed by atoms with Gasteiger partial charge in [0.15, 0.2) is 0 Å². The van der Waals surface area contributed by atoms with Gasteiger partial charge in [-0.15, -0.1) is 0 Å². The second-order valence-corrected chi connectivity index (χ2v) is 3.56. The third-order valence-electron chi connectivity index (χ3n) is 2.50. The maximum atomic E-state index is 8.60. The summed E-state index contributed by atoms with van der Waals surface area (Å²) in [4.78, 5) is 0. The van der Waals surface area contributed by atoms with Gasteiger partial charge in [-0.1, -0.05) is 32.1 Å². The third-order valence-corrected chi connectivity index (χ3v) is 2.50. The molecule has 0 bridgehead atoms. The van der Waals surface area contributed by atoms with Crippen molar-refractivity contribution in [2.75, 3.05) is 13.2 Å².